The molecular formula is C20H43NO6Si2. The summed E-state index contributed by atoms with van der Waals surface area (Å²) in [6, 6.07) is 3.18. The van der Waals surface area contributed by atoms with Gasteiger partial charge < -0.3 is 26.6 Å². The summed E-state index contributed by atoms with van der Waals surface area (Å²) in [5, 5.41) is 9.73. The Morgan fingerprint density at radius 3 is 1.48 bits per heavy atom. The molecule has 0 aromatic heterocycles. The molecule has 0 aliphatic heterocycles. The molecule has 0 N–H and O–H groups in total. The van der Waals surface area contributed by atoms with Gasteiger partial charge in [-0.3, -0.25) is 0 Å². The Hall–Kier alpha value is -0.316. The van der Waals surface area contributed by atoms with Crippen molar-refractivity contribution in [2.45, 2.75) is 79.3 Å². The van der Waals surface area contributed by atoms with Crippen LogP contribution in [-0.2, 0) is 26.6 Å². The molecule has 0 fully saturated rings. The minimum atomic E-state index is -2.81. The average Bonchev–Trinajstić information content (AvgIpc) is 2.68. The van der Waals surface area contributed by atoms with Crippen LogP contribution < -0.4 is 0 Å². The van der Waals surface area contributed by atoms with Gasteiger partial charge in [-0.1, -0.05) is 6.92 Å². The van der Waals surface area contributed by atoms with Crippen molar-refractivity contribution in [2.24, 2.45) is 5.92 Å². The number of nitrogens with zero attached hydrogens (tertiary/aromatic N) is 1. The summed E-state index contributed by atoms with van der Waals surface area (Å²) in [5.41, 5.74) is 0.0553. The molecule has 0 aliphatic rings. The average molecular weight is 450 g/mol. The van der Waals surface area contributed by atoms with Crippen molar-refractivity contribution in [3.63, 3.8) is 0 Å². The highest BCUT2D eigenvalue weighted by Crippen LogP contribution is 2.33. The van der Waals surface area contributed by atoms with E-state index in [9.17, 15) is 5.26 Å². The van der Waals surface area contributed by atoms with Crippen LogP contribution >= 0.6 is 0 Å². The number of rotatable bonds is 19. The van der Waals surface area contributed by atoms with Crippen LogP contribution in [0.3, 0.4) is 0 Å². The first-order chi connectivity index (χ1) is 13.9. The Balaban J connectivity index is 5.02. The van der Waals surface area contributed by atoms with E-state index in [-0.39, 0.29) is 11.5 Å². The minimum absolute atomic E-state index is 0.0553. The maximum Gasteiger partial charge on any atom is 0.503 e. The van der Waals surface area contributed by atoms with Gasteiger partial charge in [-0.2, -0.15) is 5.26 Å². The maximum atomic E-state index is 9.73. The van der Waals surface area contributed by atoms with E-state index in [0.717, 1.165) is 18.9 Å². The Kier molecular flexibility index (Phi) is 16.2. The van der Waals surface area contributed by atoms with Crippen molar-refractivity contribution >= 4 is 17.6 Å². The summed E-state index contributed by atoms with van der Waals surface area (Å²) < 4.78 is 35.8. The zero-order chi connectivity index (χ0) is 22.2. The van der Waals surface area contributed by atoms with Gasteiger partial charge in [0.1, 0.15) is 0 Å². The molecule has 2 atom stereocenters. The lowest BCUT2D eigenvalue weighted by atomic mass is 10.00. The highest BCUT2D eigenvalue weighted by Gasteiger charge is 2.47. The van der Waals surface area contributed by atoms with Crippen LogP contribution in [0, 0.1) is 17.2 Å². The van der Waals surface area contributed by atoms with Crippen molar-refractivity contribution in [2.75, 3.05) is 39.6 Å². The first-order valence-electron chi connectivity index (χ1n) is 11.2. The zero-order valence-electron chi connectivity index (χ0n) is 19.6. The molecule has 0 saturated carbocycles. The number of hydrogen-bond donors (Lipinski definition) is 0. The topological polar surface area (TPSA) is 79.2 Å². The van der Waals surface area contributed by atoms with Crippen LogP contribution in [0.2, 0.25) is 11.6 Å². The molecule has 29 heavy (non-hydrogen) atoms. The number of hydrogen-bond acceptors (Lipinski definition) is 7. The lowest BCUT2D eigenvalue weighted by Gasteiger charge is -2.34. The second-order valence-electron chi connectivity index (χ2n) is 6.74. The third-order valence-corrected chi connectivity index (χ3v) is 11.3. The summed E-state index contributed by atoms with van der Waals surface area (Å²) in [5.74, 6) is -0.102. The van der Waals surface area contributed by atoms with Gasteiger partial charge in [-0.05, 0) is 60.8 Å². The van der Waals surface area contributed by atoms with Gasteiger partial charge in [0.05, 0.1) is 6.07 Å². The Bertz CT molecular complexity index is 415. The smallest absolute Gasteiger partial charge is 0.374 e. The molecule has 0 heterocycles. The van der Waals surface area contributed by atoms with Crippen molar-refractivity contribution < 1.29 is 26.6 Å². The summed E-state index contributed by atoms with van der Waals surface area (Å²) in [4.78, 5) is 0. The quantitative estimate of drug-likeness (QED) is 0.262. The summed E-state index contributed by atoms with van der Waals surface area (Å²) in [6.45, 7) is 17.1. The second kappa shape index (κ2) is 16.4. The Morgan fingerprint density at radius 1 is 0.724 bits per heavy atom. The third kappa shape index (κ3) is 10.0. The molecule has 0 bridgehead atoms. The van der Waals surface area contributed by atoms with E-state index in [1.165, 1.54) is 0 Å². The standard InChI is InChI=1S/C20H43NO6Si2/c1-8-22-28(23-9-2,24-10-3)16-14-15-20(18-21)17-19(7)29(25-11-4,26-12-5)27-13-6/h19-20H,8-17H2,1-7H3. The molecule has 7 nitrogen and oxygen atoms in total. The van der Waals surface area contributed by atoms with Crippen molar-refractivity contribution in [1.29, 1.82) is 5.26 Å². The first kappa shape index (κ1) is 28.7. The molecule has 0 aromatic rings. The molecule has 0 amide bonds. The largest absolute Gasteiger partial charge is 0.503 e. The fourth-order valence-electron chi connectivity index (χ4n) is 3.53. The molecule has 0 aliphatic carbocycles. The van der Waals surface area contributed by atoms with E-state index >= 15 is 0 Å². The predicted octanol–water partition coefficient (Wildman–Crippen LogP) is 4.78. The molecule has 2 unspecified atom stereocenters. The Morgan fingerprint density at radius 2 is 1.14 bits per heavy atom. The summed E-state index contributed by atoms with van der Waals surface area (Å²) >= 11 is 0. The van der Waals surface area contributed by atoms with Gasteiger partial charge in [-0.15, -0.1) is 0 Å². The summed E-state index contributed by atoms with van der Waals surface area (Å²) in [6.07, 6.45) is 2.27. The first-order valence-corrected chi connectivity index (χ1v) is 14.9. The van der Waals surface area contributed by atoms with E-state index < -0.39 is 17.6 Å². The molecular weight excluding hydrogens is 406 g/mol. The normalized spacial score (nSPS) is 14.6. The van der Waals surface area contributed by atoms with Crippen LogP contribution in [0.5, 0.6) is 0 Å². The van der Waals surface area contributed by atoms with Crippen LogP contribution in [0.25, 0.3) is 0 Å². The van der Waals surface area contributed by atoms with Gasteiger partial charge in [0, 0.05) is 57.1 Å². The van der Waals surface area contributed by atoms with E-state index in [0.29, 0.717) is 46.1 Å². The minimum Gasteiger partial charge on any atom is -0.374 e. The van der Waals surface area contributed by atoms with Gasteiger partial charge in [0.25, 0.3) is 0 Å². The predicted molar refractivity (Wildman–Crippen MR) is 118 cm³/mol. The lowest BCUT2D eigenvalue weighted by Crippen LogP contribution is -2.50. The van der Waals surface area contributed by atoms with Crippen LogP contribution in [-0.4, -0.2) is 57.3 Å². The Labute approximate surface area is 180 Å². The third-order valence-electron chi connectivity index (χ3n) is 4.59. The molecule has 172 valence electrons. The molecule has 9 heteroatoms. The van der Waals surface area contributed by atoms with Crippen LogP contribution in [0.4, 0.5) is 0 Å². The highest BCUT2D eigenvalue weighted by molar-refractivity contribution is 6.62. The van der Waals surface area contributed by atoms with Crippen molar-refractivity contribution in [1.82, 2.24) is 0 Å². The molecule has 0 spiro atoms. The lowest BCUT2D eigenvalue weighted by molar-refractivity contribution is 0.0598. The molecule has 0 radical (unpaired) electrons. The highest BCUT2D eigenvalue weighted by atomic mass is 28.4. The number of nitriles is 1. The monoisotopic (exact) mass is 449 g/mol. The fourth-order valence-corrected chi connectivity index (χ4v) is 9.05. The van der Waals surface area contributed by atoms with Gasteiger partial charge >= 0.3 is 17.6 Å². The zero-order valence-corrected chi connectivity index (χ0v) is 21.6. The van der Waals surface area contributed by atoms with Gasteiger partial charge in [0.2, 0.25) is 0 Å². The van der Waals surface area contributed by atoms with E-state index in [4.69, 9.17) is 26.6 Å². The molecule has 0 aromatic carbocycles. The van der Waals surface area contributed by atoms with Crippen LogP contribution in [0.1, 0.15) is 67.7 Å². The van der Waals surface area contributed by atoms with Gasteiger partial charge in [-0.25, -0.2) is 0 Å². The van der Waals surface area contributed by atoms with Crippen molar-refractivity contribution in [3.05, 3.63) is 0 Å². The SMILES string of the molecule is CCO[Si](CCCC(C#N)CC(C)[Si](OCC)(OCC)OCC)(OCC)OCC. The summed E-state index contributed by atoms with van der Waals surface area (Å²) in [7, 11) is -5.47. The van der Waals surface area contributed by atoms with Crippen LogP contribution in [0.15, 0.2) is 0 Å². The molecule has 0 rings (SSSR count). The van der Waals surface area contributed by atoms with Crippen molar-refractivity contribution in [3.8, 4) is 6.07 Å². The van der Waals surface area contributed by atoms with Gasteiger partial charge in [0.15, 0.2) is 0 Å². The van der Waals surface area contributed by atoms with E-state index in [2.05, 4.69) is 13.0 Å². The van der Waals surface area contributed by atoms with E-state index in [1.54, 1.807) is 0 Å². The second-order valence-corrected chi connectivity index (χ2v) is 12.5. The molecule has 0 saturated heterocycles. The maximum absolute atomic E-state index is 9.73. The van der Waals surface area contributed by atoms with E-state index in [1.807, 2.05) is 41.5 Å². The fraction of sp³-hybridized carbons (Fsp3) is 0.950.